The molecule has 0 bridgehead atoms. The molecule has 0 amide bonds. The van der Waals surface area contributed by atoms with Crippen molar-refractivity contribution >= 4 is 23.2 Å². The zero-order chi connectivity index (χ0) is 12.4. The third-order valence-electron chi connectivity index (χ3n) is 3.13. The lowest BCUT2D eigenvalue weighted by Crippen LogP contribution is -2.30. The van der Waals surface area contributed by atoms with Crippen molar-refractivity contribution < 1.29 is 4.74 Å². The number of nitrogens with zero attached hydrogens (tertiary/aromatic N) is 1. The first-order valence-electron chi connectivity index (χ1n) is 5.58. The molecular weight excluding hydrogens is 259 g/mol. The van der Waals surface area contributed by atoms with E-state index in [4.69, 9.17) is 33.7 Å². The molecule has 94 valence electrons. The molecule has 0 saturated heterocycles. The van der Waals surface area contributed by atoms with Crippen molar-refractivity contribution in [1.82, 2.24) is 4.90 Å². The van der Waals surface area contributed by atoms with Crippen molar-refractivity contribution in [3.05, 3.63) is 33.3 Å². The maximum absolute atomic E-state index is 6.25. The summed E-state index contributed by atoms with van der Waals surface area (Å²) in [7, 11) is 1.70. The Balaban J connectivity index is 2.28. The van der Waals surface area contributed by atoms with Crippen molar-refractivity contribution in [2.45, 2.75) is 12.6 Å². The molecule has 0 spiro atoms. The van der Waals surface area contributed by atoms with Gasteiger partial charge in [0, 0.05) is 42.8 Å². The number of benzene rings is 1. The Morgan fingerprint density at radius 1 is 1.47 bits per heavy atom. The zero-order valence-corrected chi connectivity index (χ0v) is 11.3. The molecule has 1 aromatic carbocycles. The summed E-state index contributed by atoms with van der Waals surface area (Å²) in [6.45, 7) is 2.93. The van der Waals surface area contributed by atoms with E-state index in [1.54, 1.807) is 13.2 Å². The van der Waals surface area contributed by atoms with Crippen LogP contribution in [0.15, 0.2) is 12.1 Å². The molecule has 1 aromatic rings. The predicted molar refractivity (Wildman–Crippen MR) is 70.5 cm³/mol. The van der Waals surface area contributed by atoms with E-state index in [9.17, 15) is 0 Å². The van der Waals surface area contributed by atoms with E-state index in [0.29, 0.717) is 23.2 Å². The van der Waals surface area contributed by atoms with Gasteiger partial charge in [0.1, 0.15) is 0 Å². The molecule has 0 aromatic heterocycles. The molecule has 17 heavy (non-hydrogen) atoms. The second-order valence-electron chi connectivity index (χ2n) is 4.18. The summed E-state index contributed by atoms with van der Waals surface area (Å²) in [4.78, 5) is 2.27. The Bertz CT molecular complexity index is 412. The lowest BCUT2D eigenvalue weighted by atomic mass is 10.0. The number of fused-ring (bicyclic) bond motifs is 1. The van der Waals surface area contributed by atoms with Crippen LogP contribution < -0.4 is 5.73 Å². The number of hydrogen-bond acceptors (Lipinski definition) is 3. The summed E-state index contributed by atoms with van der Waals surface area (Å²) in [6.07, 6.45) is 0. The van der Waals surface area contributed by atoms with Crippen LogP contribution in [0.1, 0.15) is 17.2 Å². The molecule has 2 N–H and O–H groups in total. The highest BCUT2D eigenvalue weighted by Gasteiger charge is 2.31. The van der Waals surface area contributed by atoms with Crippen LogP contribution >= 0.6 is 23.2 Å². The first kappa shape index (κ1) is 13.1. The van der Waals surface area contributed by atoms with E-state index >= 15 is 0 Å². The van der Waals surface area contributed by atoms with Gasteiger partial charge in [-0.15, -0.1) is 0 Å². The van der Waals surface area contributed by atoms with Crippen LogP contribution in [0.5, 0.6) is 0 Å². The van der Waals surface area contributed by atoms with Crippen molar-refractivity contribution in [3.63, 3.8) is 0 Å². The number of ether oxygens (including phenoxy) is 1. The highest BCUT2D eigenvalue weighted by molar-refractivity contribution is 6.35. The Morgan fingerprint density at radius 2 is 2.24 bits per heavy atom. The van der Waals surface area contributed by atoms with Gasteiger partial charge in [0.25, 0.3) is 0 Å². The Hall–Kier alpha value is -0.320. The smallest absolute Gasteiger partial charge is 0.0590 e. The fraction of sp³-hybridized carbons (Fsp3) is 0.500. The van der Waals surface area contributed by atoms with Crippen LogP contribution in [0.4, 0.5) is 0 Å². The molecule has 0 saturated carbocycles. The van der Waals surface area contributed by atoms with Crippen molar-refractivity contribution in [3.8, 4) is 0 Å². The van der Waals surface area contributed by atoms with Crippen LogP contribution in [0, 0.1) is 0 Å². The first-order valence-corrected chi connectivity index (χ1v) is 6.33. The molecule has 5 heteroatoms. The highest BCUT2D eigenvalue weighted by Crippen LogP contribution is 2.39. The molecule has 0 aliphatic carbocycles. The van der Waals surface area contributed by atoms with E-state index < -0.39 is 0 Å². The Morgan fingerprint density at radius 3 is 2.88 bits per heavy atom. The molecule has 1 heterocycles. The summed E-state index contributed by atoms with van der Waals surface area (Å²) in [5.74, 6) is 0. The average Bonchev–Trinajstić information content (AvgIpc) is 2.63. The van der Waals surface area contributed by atoms with Crippen molar-refractivity contribution in [2.24, 2.45) is 5.73 Å². The van der Waals surface area contributed by atoms with Gasteiger partial charge >= 0.3 is 0 Å². The number of methoxy groups -OCH3 is 1. The van der Waals surface area contributed by atoms with E-state index in [1.807, 2.05) is 6.07 Å². The van der Waals surface area contributed by atoms with Crippen LogP contribution in [-0.2, 0) is 11.3 Å². The standard InChI is InChI=1S/C12H16Cl2N2O/c1-17-3-2-16-7-8-4-9(13)5-10(14)12(8)11(16)6-15/h4-5,11H,2-3,6-7,15H2,1H3. The van der Waals surface area contributed by atoms with Gasteiger partial charge in [-0.3, -0.25) is 4.90 Å². The molecule has 1 unspecified atom stereocenters. The average molecular weight is 275 g/mol. The molecular formula is C12H16Cl2N2O. The minimum atomic E-state index is 0.171. The van der Waals surface area contributed by atoms with Crippen molar-refractivity contribution in [1.29, 1.82) is 0 Å². The van der Waals surface area contributed by atoms with Gasteiger partial charge in [-0.05, 0) is 23.3 Å². The van der Waals surface area contributed by atoms with Gasteiger partial charge in [0.05, 0.1) is 6.61 Å². The topological polar surface area (TPSA) is 38.5 Å². The molecule has 1 aliphatic heterocycles. The predicted octanol–water partition coefficient (Wildman–Crippen LogP) is 2.46. The quantitative estimate of drug-likeness (QED) is 0.917. The minimum absolute atomic E-state index is 0.171. The summed E-state index contributed by atoms with van der Waals surface area (Å²) >= 11 is 12.3. The fourth-order valence-corrected chi connectivity index (χ4v) is 3.03. The van der Waals surface area contributed by atoms with Gasteiger partial charge in [-0.25, -0.2) is 0 Å². The molecule has 1 aliphatic rings. The second-order valence-corrected chi connectivity index (χ2v) is 5.02. The van der Waals surface area contributed by atoms with Crippen LogP contribution in [0.2, 0.25) is 10.0 Å². The van der Waals surface area contributed by atoms with Gasteiger partial charge in [0.15, 0.2) is 0 Å². The third-order valence-corrected chi connectivity index (χ3v) is 3.66. The van der Waals surface area contributed by atoms with E-state index in [0.717, 1.165) is 18.7 Å². The number of rotatable bonds is 4. The summed E-state index contributed by atoms with van der Waals surface area (Å²) < 4.78 is 5.11. The van der Waals surface area contributed by atoms with Gasteiger partial charge in [-0.2, -0.15) is 0 Å². The lowest BCUT2D eigenvalue weighted by molar-refractivity contribution is 0.128. The summed E-state index contributed by atoms with van der Waals surface area (Å²) in [5.41, 5.74) is 8.14. The molecule has 2 rings (SSSR count). The molecule has 1 atom stereocenters. The summed E-state index contributed by atoms with van der Waals surface area (Å²) in [5, 5.41) is 1.39. The molecule has 0 fully saturated rings. The SMILES string of the molecule is COCCN1Cc2cc(Cl)cc(Cl)c2C1CN. The number of hydrogen-bond donors (Lipinski definition) is 1. The fourth-order valence-electron chi connectivity index (χ4n) is 2.36. The maximum Gasteiger partial charge on any atom is 0.0590 e. The van der Waals surface area contributed by atoms with Gasteiger partial charge in [0.2, 0.25) is 0 Å². The second kappa shape index (κ2) is 5.55. The van der Waals surface area contributed by atoms with E-state index in [2.05, 4.69) is 4.90 Å². The Labute approximate surface area is 111 Å². The van der Waals surface area contributed by atoms with Gasteiger partial charge < -0.3 is 10.5 Å². The minimum Gasteiger partial charge on any atom is -0.383 e. The Kier molecular flexibility index (Phi) is 4.28. The molecule has 3 nitrogen and oxygen atoms in total. The van der Waals surface area contributed by atoms with Crippen LogP contribution in [0.3, 0.4) is 0 Å². The largest absolute Gasteiger partial charge is 0.383 e. The number of nitrogens with two attached hydrogens (primary N) is 1. The van der Waals surface area contributed by atoms with E-state index in [1.165, 1.54) is 5.56 Å². The summed E-state index contributed by atoms with van der Waals surface area (Å²) in [6, 6.07) is 3.92. The van der Waals surface area contributed by atoms with Crippen molar-refractivity contribution in [2.75, 3.05) is 26.8 Å². The highest BCUT2D eigenvalue weighted by atomic mass is 35.5. The van der Waals surface area contributed by atoms with Gasteiger partial charge in [-0.1, -0.05) is 23.2 Å². The van der Waals surface area contributed by atoms with Crippen LogP contribution in [-0.4, -0.2) is 31.7 Å². The van der Waals surface area contributed by atoms with E-state index in [-0.39, 0.29) is 6.04 Å². The maximum atomic E-state index is 6.25. The lowest BCUT2D eigenvalue weighted by Gasteiger charge is -2.23. The third kappa shape index (κ3) is 2.59. The zero-order valence-electron chi connectivity index (χ0n) is 9.75. The monoisotopic (exact) mass is 274 g/mol. The van der Waals surface area contributed by atoms with Crippen LogP contribution in [0.25, 0.3) is 0 Å². The normalized spacial score (nSPS) is 19.6. The molecule has 0 radical (unpaired) electrons. The number of halogens is 2. The first-order chi connectivity index (χ1) is 8.17.